The van der Waals surface area contributed by atoms with Gasteiger partial charge in [-0.25, -0.2) is 0 Å². The number of rotatable bonds is 6. The topological polar surface area (TPSA) is 80.1 Å². The van der Waals surface area contributed by atoms with E-state index in [4.69, 9.17) is 18.8 Å². The standard InChI is InChI=1S/C23H24BNO6S2/c1-22(2)23(3,31-24(30-22)21-20-18(14-32-21)28-12-13-29-20)11-10-17-8-9-19(33-17)15-4-6-16(7-5-15)25(26)27/h4-9,14H,10-13H2,1-3H3. The molecule has 2 aliphatic rings. The number of fused-ring (bicyclic) bond motifs is 1. The van der Waals surface area contributed by atoms with Crippen molar-refractivity contribution in [2.24, 2.45) is 0 Å². The average Bonchev–Trinajstić information content (AvgIpc) is 3.49. The fourth-order valence-corrected chi connectivity index (χ4v) is 5.98. The van der Waals surface area contributed by atoms with Crippen LogP contribution in [0.4, 0.5) is 5.69 Å². The van der Waals surface area contributed by atoms with E-state index < -0.39 is 18.3 Å². The van der Waals surface area contributed by atoms with Crippen LogP contribution in [-0.4, -0.2) is 36.5 Å². The third-order valence-corrected chi connectivity index (χ3v) is 8.61. The molecule has 0 radical (unpaired) electrons. The molecule has 0 amide bonds. The van der Waals surface area contributed by atoms with Gasteiger partial charge in [0.05, 0.1) is 20.9 Å². The van der Waals surface area contributed by atoms with Crippen molar-refractivity contribution in [2.45, 2.75) is 44.8 Å². The third-order valence-electron chi connectivity index (χ3n) is 6.46. The van der Waals surface area contributed by atoms with Gasteiger partial charge in [-0.05, 0) is 63.4 Å². The van der Waals surface area contributed by atoms with Crippen molar-refractivity contribution in [1.82, 2.24) is 0 Å². The number of nitrogens with zero attached hydrogens (tertiary/aromatic N) is 1. The molecule has 33 heavy (non-hydrogen) atoms. The summed E-state index contributed by atoms with van der Waals surface area (Å²) in [7, 11) is -0.487. The molecule has 1 fully saturated rings. The summed E-state index contributed by atoms with van der Waals surface area (Å²) in [5.41, 5.74) is 0.112. The van der Waals surface area contributed by atoms with Crippen LogP contribution < -0.4 is 14.3 Å². The summed E-state index contributed by atoms with van der Waals surface area (Å²) in [4.78, 5) is 12.8. The zero-order chi connectivity index (χ0) is 23.2. The lowest BCUT2D eigenvalue weighted by molar-refractivity contribution is -0.384. The molecule has 1 aromatic carbocycles. The summed E-state index contributed by atoms with van der Waals surface area (Å²) < 4.78 is 25.3. The Morgan fingerprint density at radius 2 is 1.82 bits per heavy atom. The van der Waals surface area contributed by atoms with E-state index in [1.165, 1.54) is 4.88 Å². The largest absolute Gasteiger partial charge is 0.509 e. The Kier molecular flexibility index (Phi) is 5.72. The lowest BCUT2D eigenvalue weighted by Gasteiger charge is -2.36. The molecule has 4 heterocycles. The van der Waals surface area contributed by atoms with E-state index in [1.807, 2.05) is 5.38 Å². The van der Waals surface area contributed by atoms with E-state index in [1.54, 1.807) is 46.9 Å². The first kappa shape index (κ1) is 22.4. The summed E-state index contributed by atoms with van der Waals surface area (Å²) in [6, 6.07) is 10.9. The number of aryl methyl sites for hydroxylation is 1. The van der Waals surface area contributed by atoms with Crippen molar-refractivity contribution in [3.05, 3.63) is 56.8 Å². The van der Waals surface area contributed by atoms with Gasteiger partial charge < -0.3 is 18.8 Å². The van der Waals surface area contributed by atoms with Crippen LogP contribution in [0.25, 0.3) is 10.4 Å². The first-order valence-corrected chi connectivity index (χ1v) is 12.5. The van der Waals surface area contributed by atoms with Gasteiger partial charge in [-0.3, -0.25) is 10.1 Å². The van der Waals surface area contributed by atoms with E-state index >= 15 is 0 Å². The van der Waals surface area contributed by atoms with Crippen LogP contribution in [0.1, 0.15) is 32.1 Å². The molecule has 0 N–H and O–H groups in total. The number of thiophene rings is 2. The Bertz CT molecular complexity index is 1170. The number of ether oxygens (including phenoxy) is 2. The van der Waals surface area contributed by atoms with E-state index in [0.29, 0.717) is 13.2 Å². The molecule has 1 saturated heterocycles. The maximum absolute atomic E-state index is 10.9. The minimum atomic E-state index is -0.487. The first-order chi connectivity index (χ1) is 15.8. The van der Waals surface area contributed by atoms with Crippen LogP contribution in [0.2, 0.25) is 0 Å². The molecule has 172 valence electrons. The summed E-state index contributed by atoms with van der Waals surface area (Å²) >= 11 is 3.24. The summed E-state index contributed by atoms with van der Waals surface area (Å²) in [6.45, 7) is 7.33. The second-order valence-electron chi connectivity index (χ2n) is 8.87. The number of nitro benzene ring substituents is 1. The van der Waals surface area contributed by atoms with Crippen molar-refractivity contribution in [3.8, 4) is 21.9 Å². The highest BCUT2D eigenvalue weighted by Crippen LogP contribution is 2.43. The fraction of sp³-hybridized carbons (Fsp3) is 0.391. The van der Waals surface area contributed by atoms with Crippen LogP contribution in [0, 0.1) is 10.1 Å². The van der Waals surface area contributed by atoms with Gasteiger partial charge in [-0.15, -0.1) is 22.7 Å². The zero-order valence-corrected chi connectivity index (χ0v) is 20.3. The maximum atomic E-state index is 10.9. The number of benzene rings is 1. The zero-order valence-electron chi connectivity index (χ0n) is 18.7. The van der Waals surface area contributed by atoms with Crippen LogP contribution >= 0.6 is 22.7 Å². The molecule has 2 aliphatic heterocycles. The Balaban J connectivity index is 1.28. The van der Waals surface area contributed by atoms with E-state index in [2.05, 4.69) is 32.9 Å². The van der Waals surface area contributed by atoms with Crippen LogP contribution in [0.3, 0.4) is 0 Å². The highest BCUT2D eigenvalue weighted by molar-refractivity contribution is 7.21. The van der Waals surface area contributed by atoms with Crippen molar-refractivity contribution < 1.29 is 23.7 Å². The summed E-state index contributed by atoms with van der Waals surface area (Å²) in [5, 5.41) is 12.8. The average molecular weight is 485 g/mol. The number of hydrogen-bond acceptors (Lipinski definition) is 8. The molecular formula is C23H24BNO6S2. The van der Waals surface area contributed by atoms with E-state index in [-0.39, 0.29) is 10.6 Å². The lowest BCUT2D eigenvalue weighted by Crippen LogP contribution is -2.45. The van der Waals surface area contributed by atoms with Gasteiger partial charge in [-0.1, -0.05) is 0 Å². The number of non-ortho nitro benzene ring substituents is 1. The van der Waals surface area contributed by atoms with Crippen molar-refractivity contribution >= 4 is 40.3 Å². The van der Waals surface area contributed by atoms with Gasteiger partial charge in [0.25, 0.3) is 5.69 Å². The summed E-state index contributed by atoms with van der Waals surface area (Å²) in [6.07, 6.45) is 1.64. The normalized spacial score (nSPS) is 21.4. The highest BCUT2D eigenvalue weighted by atomic mass is 32.1. The molecule has 7 nitrogen and oxygen atoms in total. The first-order valence-electron chi connectivity index (χ1n) is 10.8. The fourth-order valence-electron chi connectivity index (χ4n) is 4.08. The second kappa shape index (κ2) is 8.43. The Morgan fingerprint density at radius 3 is 2.58 bits per heavy atom. The van der Waals surface area contributed by atoms with Gasteiger partial charge in [0.1, 0.15) is 13.2 Å². The molecule has 0 saturated carbocycles. The molecule has 2 aromatic heterocycles. The van der Waals surface area contributed by atoms with Gasteiger partial charge in [0.2, 0.25) is 0 Å². The van der Waals surface area contributed by atoms with Crippen molar-refractivity contribution in [1.29, 1.82) is 0 Å². The highest BCUT2D eigenvalue weighted by Gasteiger charge is 2.55. The molecule has 1 unspecified atom stereocenters. The lowest BCUT2D eigenvalue weighted by atomic mass is 9.83. The predicted octanol–water partition coefficient (Wildman–Crippen LogP) is 5.07. The minimum absolute atomic E-state index is 0.0996. The SMILES string of the molecule is CC1(C)OB(c2scc3c2OCCO3)OC1(C)CCc1ccc(-c2ccc([N+](=O)[O-])cc2)s1. The molecule has 0 bridgehead atoms. The molecule has 0 aliphatic carbocycles. The monoisotopic (exact) mass is 485 g/mol. The quantitative estimate of drug-likeness (QED) is 0.276. The maximum Gasteiger partial charge on any atom is 0.509 e. The third kappa shape index (κ3) is 4.16. The Hall–Kier alpha value is -2.40. The van der Waals surface area contributed by atoms with Gasteiger partial charge in [0.15, 0.2) is 11.5 Å². The van der Waals surface area contributed by atoms with Gasteiger partial charge in [0, 0.05) is 27.3 Å². The van der Waals surface area contributed by atoms with Crippen molar-refractivity contribution in [2.75, 3.05) is 13.2 Å². The number of nitro groups is 1. The summed E-state index contributed by atoms with van der Waals surface area (Å²) in [5.74, 6) is 1.50. The van der Waals surface area contributed by atoms with Crippen LogP contribution in [0.5, 0.6) is 11.5 Å². The van der Waals surface area contributed by atoms with Crippen molar-refractivity contribution in [3.63, 3.8) is 0 Å². The molecule has 5 rings (SSSR count). The smallest absolute Gasteiger partial charge is 0.486 e. The molecule has 3 aromatic rings. The van der Waals surface area contributed by atoms with Crippen LogP contribution in [-0.2, 0) is 15.7 Å². The van der Waals surface area contributed by atoms with E-state index in [9.17, 15) is 10.1 Å². The molecular weight excluding hydrogens is 461 g/mol. The van der Waals surface area contributed by atoms with Gasteiger partial charge >= 0.3 is 7.12 Å². The number of hydrogen-bond donors (Lipinski definition) is 0. The molecule has 1 atom stereocenters. The predicted molar refractivity (Wildman–Crippen MR) is 130 cm³/mol. The van der Waals surface area contributed by atoms with Crippen LogP contribution in [0.15, 0.2) is 41.8 Å². The Morgan fingerprint density at radius 1 is 1.06 bits per heavy atom. The van der Waals surface area contributed by atoms with Gasteiger partial charge in [-0.2, -0.15) is 0 Å². The Labute approximate surface area is 200 Å². The van der Waals surface area contributed by atoms with E-state index in [0.717, 1.165) is 39.6 Å². The molecule has 0 spiro atoms. The molecule has 10 heteroatoms. The second-order valence-corrected chi connectivity index (χ2v) is 10.9. The minimum Gasteiger partial charge on any atom is -0.486 e.